The van der Waals surface area contributed by atoms with Crippen molar-refractivity contribution in [2.24, 2.45) is 0 Å². The number of hydrogen-bond donors (Lipinski definition) is 2. The molecule has 0 saturated carbocycles. The Morgan fingerprint density at radius 2 is 1.83 bits per heavy atom. The fourth-order valence-electron chi connectivity index (χ4n) is 2.31. The quantitative estimate of drug-likeness (QED) is 0.624. The average molecular weight is 421 g/mol. The number of pyridine rings is 1. The van der Waals surface area contributed by atoms with Crippen molar-refractivity contribution in [3.63, 3.8) is 0 Å². The smallest absolute Gasteiger partial charge is 0.259 e. The van der Waals surface area contributed by atoms with Crippen LogP contribution in [0, 0.1) is 17.5 Å². The standard InChI is InChI=1S/C19H14F3N3O3S/c1-29(27)25-12-3-5-15(21)14(9-12)19(26)24-18-7-4-13(10-23-18)28-17-6-2-11(20)8-16(17)22/h2-10,25H,1H3,(H,23,24,26). The van der Waals surface area contributed by atoms with Crippen molar-refractivity contribution < 1.29 is 26.9 Å². The largest absolute Gasteiger partial charge is 0.453 e. The molecule has 3 rings (SSSR count). The molecule has 3 aromatic rings. The molecule has 10 heteroatoms. The van der Waals surface area contributed by atoms with Gasteiger partial charge in [0, 0.05) is 18.0 Å². The summed E-state index contributed by atoms with van der Waals surface area (Å²) in [6.07, 6.45) is 2.61. The molecule has 0 bridgehead atoms. The van der Waals surface area contributed by atoms with Crippen molar-refractivity contribution in [2.75, 3.05) is 16.3 Å². The van der Waals surface area contributed by atoms with E-state index in [-0.39, 0.29) is 22.9 Å². The lowest BCUT2D eigenvalue weighted by Crippen LogP contribution is -2.15. The molecule has 0 radical (unpaired) electrons. The maximum absolute atomic E-state index is 14.0. The van der Waals surface area contributed by atoms with E-state index in [0.717, 1.165) is 18.2 Å². The van der Waals surface area contributed by atoms with Crippen LogP contribution < -0.4 is 14.8 Å². The molecule has 0 spiro atoms. The molecule has 150 valence electrons. The maximum atomic E-state index is 14.0. The van der Waals surface area contributed by atoms with Crippen molar-refractivity contribution in [1.82, 2.24) is 4.98 Å². The average Bonchev–Trinajstić information content (AvgIpc) is 2.66. The van der Waals surface area contributed by atoms with Crippen LogP contribution in [0.1, 0.15) is 10.4 Å². The Bertz CT molecular complexity index is 1080. The van der Waals surface area contributed by atoms with Gasteiger partial charge in [0.1, 0.15) is 34.2 Å². The van der Waals surface area contributed by atoms with Gasteiger partial charge >= 0.3 is 0 Å². The van der Waals surface area contributed by atoms with Crippen LogP contribution in [-0.2, 0) is 11.0 Å². The third kappa shape index (κ3) is 5.32. The van der Waals surface area contributed by atoms with Gasteiger partial charge in [0.25, 0.3) is 5.91 Å². The lowest BCUT2D eigenvalue weighted by Gasteiger charge is -2.09. The fraction of sp³-hybridized carbons (Fsp3) is 0.0526. The first kappa shape index (κ1) is 20.3. The molecular formula is C19H14F3N3O3S. The predicted octanol–water partition coefficient (Wildman–Crippen LogP) is 4.25. The van der Waals surface area contributed by atoms with E-state index < -0.39 is 34.3 Å². The van der Waals surface area contributed by atoms with Gasteiger partial charge in [0.2, 0.25) is 0 Å². The topological polar surface area (TPSA) is 80.3 Å². The van der Waals surface area contributed by atoms with Crippen molar-refractivity contribution in [1.29, 1.82) is 0 Å². The third-order valence-corrected chi connectivity index (χ3v) is 4.10. The van der Waals surface area contributed by atoms with Crippen molar-refractivity contribution >= 4 is 28.4 Å². The normalized spacial score (nSPS) is 11.6. The summed E-state index contributed by atoms with van der Waals surface area (Å²) in [5.74, 6) is -3.08. The van der Waals surface area contributed by atoms with E-state index in [1.54, 1.807) is 0 Å². The summed E-state index contributed by atoms with van der Waals surface area (Å²) in [4.78, 5) is 16.3. The van der Waals surface area contributed by atoms with Crippen LogP contribution in [0.15, 0.2) is 54.7 Å². The molecule has 1 unspecified atom stereocenters. The molecular weight excluding hydrogens is 407 g/mol. The first-order valence-electron chi connectivity index (χ1n) is 8.12. The highest BCUT2D eigenvalue weighted by Crippen LogP contribution is 2.25. The number of anilines is 2. The number of halogens is 3. The Labute approximate surface area is 166 Å². The van der Waals surface area contributed by atoms with Gasteiger partial charge in [-0.15, -0.1) is 0 Å². The first-order chi connectivity index (χ1) is 13.8. The van der Waals surface area contributed by atoms with Gasteiger partial charge < -0.3 is 14.8 Å². The zero-order chi connectivity index (χ0) is 21.0. The monoisotopic (exact) mass is 421 g/mol. The van der Waals surface area contributed by atoms with E-state index in [1.807, 2.05) is 0 Å². The highest BCUT2D eigenvalue weighted by molar-refractivity contribution is 7.85. The zero-order valence-electron chi connectivity index (χ0n) is 14.9. The highest BCUT2D eigenvalue weighted by Gasteiger charge is 2.14. The number of carbonyl (C=O) groups is 1. The number of nitrogens with one attached hydrogen (secondary N) is 2. The van der Waals surface area contributed by atoms with Gasteiger partial charge in [-0.3, -0.25) is 4.79 Å². The predicted molar refractivity (Wildman–Crippen MR) is 103 cm³/mol. The maximum Gasteiger partial charge on any atom is 0.259 e. The molecule has 2 N–H and O–H groups in total. The summed E-state index contributed by atoms with van der Waals surface area (Å²) < 4.78 is 59.6. The number of aromatic nitrogens is 1. The summed E-state index contributed by atoms with van der Waals surface area (Å²) in [5, 5.41) is 2.42. The third-order valence-electron chi connectivity index (χ3n) is 3.57. The number of hydrogen-bond acceptors (Lipinski definition) is 4. The van der Waals surface area contributed by atoms with E-state index in [0.29, 0.717) is 11.8 Å². The minimum absolute atomic E-state index is 0.0961. The van der Waals surface area contributed by atoms with Gasteiger partial charge in [-0.25, -0.2) is 22.4 Å². The highest BCUT2D eigenvalue weighted by atomic mass is 32.2. The number of nitrogens with zero attached hydrogens (tertiary/aromatic N) is 1. The van der Waals surface area contributed by atoms with Gasteiger partial charge in [0.15, 0.2) is 11.6 Å². The minimum Gasteiger partial charge on any atom is -0.453 e. The number of rotatable bonds is 6. The first-order valence-corrected chi connectivity index (χ1v) is 9.67. The molecule has 0 aliphatic heterocycles. The Hall–Kier alpha value is -3.40. The van der Waals surface area contributed by atoms with Crippen LogP contribution in [0.4, 0.5) is 24.7 Å². The summed E-state index contributed by atoms with van der Waals surface area (Å²) in [5.41, 5.74) is 0.0476. The molecule has 1 heterocycles. The summed E-state index contributed by atoms with van der Waals surface area (Å²) in [6.45, 7) is 0. The number of carbonyl (C=O) groups excluding carboxylic acids is 1. The van der Waals surface area contributed by atoms with Crippen LogP contribution in [0.25, 0.3) is 0 Å². The number of benzene rings is 2. The fourth-order valence-corrected chi connectivity index (χ4v) is 2.77. The van der Waals surface area contributed by atoms with Crippen molar-refractivity contribution in [2.45, 2.75) is 0 Å². The van der Waals surface area contributed by atoms with Crippen LogP contribution in [-0.4, -0.2) is 21.4 Å². The second kappa shape index (κ2) is 8.74. The summed E-state index contributed by atoms with van der Waals surface area (Å²) >= 11 is 0. The van der Waals surface area contributed by atoms with Crippen LogP contribution in [0.3, 0.4) is 0 Å². The molecule has 0 fully saturated rings. The molecule has 1 aromatic heterocycles. The van der Waals surface area contributed by atoms with E-state index in [4.69, 9.17) is 4.74 Å². The molecule has 1 atom stereocenters. The van der Waals surface area contributed by atoms with Crippen LogP contribution in [0.5, 0.6) is 11.5 Å². The molecule has 0 saturated heterocycles. The SMILES string of the molecule is CS(=O)Nc1ccc(F)c(C(=O)Nc2ccc(Oc3ccc(F)cc3F)cn2)c1. The molecule has 1 amide bonds. The van der Waals surface area contributed by atoms with E-state index in [9.17, 15) is 22.2 Å². The van der Waals surface area contributed by atoms with Crippen molar-refractivity contribution in [3.05, 3.63) is 77.7 Å². The summed E-state index contributed by atoms with van der Waals surface area (Å²) in [6, 6.07) is 9.29. The van der Waals surface area contributed by atoms with Crippen LogP contribution in [0.2, 0.25) is 0 Å². The Morgan fingerprint density at radius 1 is 1.03 bits per heavy atom. The van der Waals surface area contributed by atoms with Gasteiger partial charge in [-0.1, -0.05) is 0 Å². The Balaban J connectivity index is 1.71. The minimum atomic E-state index is -1.38. The van der Waals surface area contributed by atoms with Gasteiger partial charge in [-0.2, -0.15) is 0 Å². The molecule has 6 nitrogen and oxygen atoms in total. The van der Waals surface area contributed by atoms with Gasteiger partial charge in [-0.05, 0) is 42.5 Å². The Kier molecular flexibility index (Phi) is 6.13. The molecule has 0 aliphatic rings. The summed E-state index contributed by atoms with van der Waals surface area (Å²) in [7, 11) is -1.38. The lowest BCUT2D eigenvalue weighted by molar-refractivity contribution is 0.102. The van der Waals surface area contributed by atoms with E-state index in [1.165, 1.54) is 36.7 Å². The van der Waals surface area contributed by atoms with E-state index in [2.05, 4.69) is 15.0 Å². The molecule has 0 aliphatic carbocycles. The van der Waals surface area contributed by atoms with Crippen molar-refractivity contribution in [3.8, 4) is 11.5 Å². The van der Waals surface area contributed by atoms with Crippen LogP contribution >= 0.6 is 0 Å². The van der Waals surface area contributed by atoms with Gasteiger partial charge in [0.05, 0.1) is 11.8 Å². The number of amides is 1. The molecule has 2 aromatic carbocycles. The second-order valence-electron chi connectivity index (χ2n) is 5.76. The molecule has 29 heavy (non-hydrogen) atoms. The lowest BCUT2D eigenvalue weighted by atomic mass is 10.2. The second-order valence-corrected chi connectivity index (χ2v) is 6.87. The zero-order valence-corrected chi connectivity index (χ0v) is 15.7. The van der Waals surface area contributed by atoms with E-state index >= 15 is 0 Å². The number of ether oxygens (including phenoxy) is 1. The Morgan fingerprint density at radius 3 is 2.48 bits per heavy atom.